The van der Waals surface area contributed by atoms with Crippen molar-refractivity contribution in [2.45, 2.75) is 57.2 Å². The lowest BCUT2D eigenvalue weighted by atomic mass is 9.52. The highest BCUT2D eigenvalue weighted by Gasteiger charge is 2.59. The number of hydrogen-bond acceptors (Lipinski definition) is 2. The minimum Gasteiger partial charge on any atom is -0.377 e. The standard InChI is InChI=1S/C20H25FO2/c1-3-20(23)7-6-15-16(20)10-17(21)19-14-5-4-13(22)9-12(14)8-11(2)18(15)19/h1,9,11,14-19,23H,4-8,10H2,2H3/t11?,14?,15?,16?,17?,18?,19?,20-/m0/s1. The fourth-order valence-electron chi connectivity index (χ4n) is 6.41. The predicted octanol–water partition coefficient (Wildman–Crippen LogP) is 3.30. The molecule has 4 aliphatic rings. The van der Waals surface area contributed by atoms with Crippen LogP contribution in [0.15, 0.2) is 11.6 Å². The van der Waals surface area contributed by atoms with Crippen molar-refractivity contribution in [2.24, 2.45) is 35.5 Å². The maximum absolute atomic E-state index is 15.2. The van der Waals surface area contributed by atoms with E-state index in [9.17, 15) is 9.90 Å². The molecule has 4 rings (SSSR count). The summed E-state index contributed by atoms with van der Waals surface area (Å²) < 4.78 is 15.2. The van der Waals surface area contributed by atoms with E-state index >= 15 is 4.39 Å². The normalized spacial score (nSPS) is 52.0. The third-order valence-electron chi connectivity index (χ3n) is 7.28. The van der Waals surface area contributed by atoms with Crippen molar-refractivity contribution >= 4 is 5.78 Å². The summed E-state index contributed by atoms with van der Waals surface area (Å²) >= 11 is 0. The van der Waals surface area contributed by atoms with Gasteiger partial charge in [0.05, 0.1) is 0 Å². The molecule has 3 heteroatoms. The Balaban J connectivity index is 1.70. The third-order valence-corrected chi connectivity index (χ3v) is 7.28. The molecule has 0 heterocycles. The van der Waals surface area contributed by atoms with Crippen LogP contribution in [0.25, 0.3) is 0 Å². The maximum Gasteiger partial charge on any atom is 0.155 e. The van der Waals surface area contributed by atoms with Gasteiger partial charge in [0.15, 0.2) is 5.78 Å². The van der Waals surface area contributed by atoms with Crippen LogP contribution in [-0.4, -0.2) is 22.7 Å². The van der Waals surface area contributed by atoms with Crippen LogP contribution in [0.2, 0.25) is 0 Å². The summed E-state index contributed by atoms with van der Waals surface area (Å²) in [6, 6.07) is 0. The zero-order valence-electron chi connectivity index (χ0n) is 13.7. The van der Waals surface area contributed by atoms with Gasteiger partial charge < -0.3 is 5.11 Å². The lowest BCUT2D eigenvalue weighted by molar-refractivity contribution is -0.117. The van der Waals surface area contributed by atoms with Crippen LogP contribution >= 0.6 is 0 Å². The van der Waals surface area contributed by atoms with Crippen molar-refractivity contribution in [1.82, 2.24) is 0 Å². The lowest BCUT2D eigenvalue weighted by Gasteiger charge is -2.54. The molecule has 124 valence electrons. The van der Waals surface area contributed by atoms with Crippen LogP contribution in [-0.2, 0) is 4.79 Å². The van der Waals surface area contributed by atoms with Gasteiger partial charge in [-0.15, -0.1) is 6.42 Å². The van der Waals surface area contributed by atoms with Gasteiger partial charge in [-0.2, -0.15) is 0 Å². The van der Waals surface area contributed by atoms with Crippen molar-refractivity contribution in [2.75, 3.05) is 0 Å². The molecule has 2 nitrogen and oxygen atoms in total. The second-order valence-corrected chi connectivity index (χ2v) is 8.30. The number of carbonyl (C=O) groups excluding carboxylic acids is 1. The zero-order chi connectivity index (χ0) is 16.4. The van der Waals surface area contributed by atoms with Crippen LogP contribution in [0, 0.1) is 47.9 Å². The van der Waals surface area contributed by atoms with E-state index in [2.05, 4.69) is 12.8 Å². The number of alkyl halides is 1. The Morgan fingerprint density at radius 3 is 2.91 bits per heavy atom. The minimum absolute atomic E-state index is 0.0134. The number of halogens is 1. The Bertz CT molecular complexity index is 603. The van der Waals surface area contributed by atoms with Crippen LogP contribution in [0.1, 0.15) is 45.4 Å². The number of rotatable bonds is 0. The van der Waals surface area contributed by atoms with E-state index in [1.54, 1.807) is 6.08 Å². The van der Waals surface area contributed by atoms with Gasteiger partial charge in [-0.1, -0.05) is 18.4 Å². The third kappa shape index (κ3) is 2.14. The largest absolute Gasteiger partial charge is 0.377 e. The summed E-state index contributed by atoms with van der Waals surface area (Å²) in [5, 5.41) is 10.7. The van der Waals surface area contributed by atoms with Gasteiger partial charge in [-0.05, 0) is 61.9 Å². The van der Waals surface area contributed by atoms with E-state index in [4.69, 9.17) is 6.42 Å². The van der Waals surface area contributed by atoms with E-state index < -0.39 is 11.8 Å². The first-order chi connectivity index (χ1) is 10.9. The molecule has 0 radical (unpaired) electrons. The molecule has 0 saturated heterocycles. The monoisotopic (exact) mass is 316 g/mol. The molecular formula is C20H25FO2. The van der Waals surface area contributed by atoms with Gasteiger partial charge in [-0.25, -0.2) is 4.39 Å². The van der Waals surface area contributed by atoms with Crippen LogP contribution in [0.4, 0.5) is 4.39 Å². The SMILES string of the molecule is C#C[C@]1(O)CCC2C3C(C)CC4=CC(=O)CCC4C3C(F)CC21. The molecule has 0 aliphatic heterocycles. The Kier molecular flexibility index (Phi) is 3.47. The Hall–Kier alpha value is -1.14. The number of ketones is 1. The smallest absolute Gasteiger partial charge is 0.155 e. The molecule has 0 aromatic rings. The van der Waals surface area contributed by atoms with E-state index in [1.807, 2.05) is 0 Å². The Labute approximate surface area is 137 Å². The highest BCUT2D eigenvalue weighted by molar-refractivity contribution is 5.91. The molecular weight excluding hydrogens is 291 g/mol. The highest BCUT2D eigenvalue weighted by Crippen LogP contribution is 2.61. The second-order valence-electron chi connectivity index (χ2n) is 8.30. The molecule has 3 saturated carbocycles. The Morgan fingerprint density at radius 1 is 1.39 bits per heavy atom. The summed E-state index contributed by atoms with van der Waals surface area (Å²) in [7, 11) is 0. The molecule has 0 spiro atoms. The average Bonchev–Trinajstić information content (AvgIpc) is 2.84. The fraction of sp³-hybridized carbons (Fsp3) is 0.750. The summed E-state index contributed by atoms with van der Waals surface area (Å²) in [5.41, 5.74) is 0.0690. The molecule has 7 unspecified atom stereocenters. The van der Waals surface area contributed by atoms with Crippen LogP contribution in [0.3, 0.4) is 0 Å². The number of allylic oxidation sites excluding steroid dienone is 1. The molecule has 23 heavy (non-hydrogen) atoms. The Morgan fingerprint density at radius 2 is 2.17 bits per heavy atom. The predicted molar refractivity (Wildman–Crippen MR) is 86.1 cm³/mol. The van der Waals surface area contributed by atoms with Gasteiger partial charge in [0, 0.05) is 18.3 Å². The van der Waals surface area contributed by atoms with Gasteiger partial charge >= 0.3 is 0 Å². The van der Waals surface area contributed by atoms with Gasteiger partial charge in [-0.3, -0.25) is 4.79 Å². The van der Waals surface area contributed by atoms with Crippen LogP contribution < -0.4 is 0 Å². The minimum atomic E-state index is -1.11. The fourth-order valence-corrected chi connectivity index (χ4v) is 6.41. The maximum atomic E-state index is 15.2. The number of hydrogen-bond donors (Lipinski definition) is 1. The number of carbonyl (C=O) groups is 1. The van der Waals surface area contributed by atoms with Crippen LogP contribution in [0.5, 0.6) is 0 Å². The molecule has 0 amide bonds. The van der Waals surface area contributed by atoms with Gasteiger partial charge in [0.25, 0.3) is 0 Å². The molecule has 1 N–H and O–H groups in total. The molecule has 4 aliphatic carbocycles. The molecule has 0 aromatic heterocycles. The van der Waals surface area contributed by atoms with Crippen molar-refractivity contribution in [3.05, 3.63) is 11.6 Å². The summed E-state index contributed by atoms with van der Waals surface area (Å²) in [6.45, 7) is 2.19. The van der Waals surface area contributed by atoms with E-state index in [-0.39, 0.29) is 23.5 Å². The van der Waals surface area contributed by atoms with Gasteiger partial charge in [0.2, 0.25) is 0 Å². The molecule has 0 aromatic carbocycles. The second kappa shape index (κ2) is 5.18. The summed E-state index contributed by atoms with van der Waals surface area (Å²) in [6.07, 6.45) is 10.6. The van der Waals surface area contributed by atoms with Crippen molar-refractivity contribution in [1.29, 1.82) is 0 Å². The van der Waals surface area contributed by atoms with E-state index in [1.165, 1.54) is 5.57 Å². The van der Waals surface area contributed by atoms with Crippen molar-refractivity contribution in [3.63, 3.8) is 0 Å². The lowest BCUT2D eigenvalue weighted by Crippen LogP contribution is -2.52. The highest BCUT2D eigenvalue weighted by atomic mass is 19.1. The first-order valence-corrected chi connectivity index (χ1v) is 9.02. The summed E-state index contributed by atoms with van der Waals surface area (Å²) in [4.78, 5) is 11.7. The van der Waals surface area contributed by atoms with Crippen molar-refractivity contribution in [3.8, 4) is 12.3 Å². The van der Waals surface area contributed by atoms with Crippen molar-refractivity contribution < 1.29 is 14.3 Å². The quantitative estimate of drug-likeness (QED) is 0.696. The summed E-state index contributed by atoms with van der Waals surface area (Å²) in [5.74, 6) is 3.90. The zero-order valence-corrected chi connectivity index (χ0v) is 13.7. The first-order valence-electron chi connectivity index (χ1n) is 9.02. The molecule has 3 fully saturated rings. The first kappa shape index (κ1) is 15.4. The average molecular weight is 316 g/mol. The number of aliphatic hydroxyl groups is 1. The van der Waals surface area contributed by atoms with E-state index in [0.717, 1.165) is 19.3 Å². The number of fused-ring (bicyclic) bond motifs is 5. The van der Waals surface area contributed by atoms with Gasteiger partial charge in [0.1, 0.15) is 11.8 Å². The topological polar surface area (TPSA) is 37.3 Å². The molecule has 8 atom stereocenters. The molecule has 0 bridgehead atoms. The number of terminal acetylenes is 1. The van der Waals surface area contributed by atoms with E-state index in [0.29, 0.717) is 37.0 Å².